The lowest BCUT2D eigenvalue weighted by atomic mass is 10.3. The molecule has 2 rings (SSSR count). The highest BCUT2D eigenvalue weighted by Crippen LogP contribution is 2.16. The minimum atomic E-state index is 0.147. The Labute approximate surface area is 82.5 Å². The minimum Gasteiger partial charge on any atom is -0.469 e. The summed E-state index contributed by atoms with van der Waals surface area (Å²) in [6.45, 7) is 3.14. The smallest absolute Gasteiger partial charge is 0.219 e. The van der Waals surface area contributed by atoms with Crippen molar-refractivity contribution in [2.45, 2.75) is 13.0 Å². The Morgan fingerprint density at radius 2 is 2.29 bits per heavy atom. The van der Waals surface area contributed by atoms with Crippen molar-refractivity contribution in [3.8, 4) is 5.88 Å². The number of aryl methyl sites for hydroxylation is 1. The zero-order valence-corrected chi connectivity index (χ0v) is 8.28. The second-order valence-electron chi connectivity index (χ2n) is 3.17. The molecule has 0 amide bonds. The van der Waals surface area contributed by atoms with Crippen molar-refractivity contribution in [3.63, 3.8) is 0 Å². The van der Waals surface area contributed by atoms with E-state index in [9.17, 15) is 0 Å². The van der Waals surface area contributed by atoms with E-state index in [4.69, 9.17) is 9.47 Å². The molecule has 1 saturated heterocycles. The third-order valence-corrected chi connectivity index (χ3v) is 1.97. The van der Waals surface area contributed by atoms with E-state index < -0.39 is 0 Å². The number of hydrogen-bond acceptors (Lipinski definition) is 5. The van der Waals surface area contributed by atoms with Gasteiger partial charge in [0.25, 0.3) is 0 Å². The van der Waals surface area contributed by atoms with E-state index >= 15 is 0 Å². The van der Waals surface area contributed by atoms with Gasteiger partial charge < -0.3 is 14.8 Å². The number of ether oxygens (including phenoxy) is 2. The normalized spacial score (nSPS) is 16.1. The molecule has 1 aromatic heterocycles. The summed E-state index contributed by atoms with van der Waals surface area (Å²) in [5, 5.41) is 2.96. The maximum absolute atomic E-state index is 5.56. The average Bonchev–Trinajstić information content (AvgIpc) is 2.10. The molecule has 5 heteroatoms. The van der Waals surface area contributed by atoms with Crippen LogP contribution in [0.15, 0.2) is 6.07 Å². The SMILES string of the molecule is CNc1cc(OC2COC2)nc(C)n1. The van der Waals surface area contributed by atoms with Gasteiger partial charge in [-0.25, -0.2) is 4.98 Å². The summed E-state index contributed by atoms with van der Waals surface area (Å²) in [6, 6.07) is 1.78. The van der Waals surface area contributed by atoms with Crippen LogP contribution in [0.3, 0.4) is 0 Å². The molecule has 0 spiro atoms. The third kappa shape index (κ3) is 1.93. The standard InChI is InChI=1S/C9H13N3O2/c1-6-11-8(10-2)3-9(12-6)14-7-4-13-5-7/h3,7H,4-5H2,1-2H3,(H,10,11,12). The van der Waals surface area contributed by atoms with Gasteiger partial charge in [-0.05, 0) is 6.92 Å². The van der Waals surface area contributed by atoms with Crippen LogP contribution >= 0.6 is 0 Å². The fourth-order valence-electron chi connectivity index (χ4n) is 1.18. The van der Waals surface area contributed by atoms with Gasteiger partial charge in [0, 0.05) is 13.1 Å². The predicted molar refractivity (Wildman–Crippen MR) is 51.6 cm³/mol. The first-order chi connectivity index (χ1) is 6.78. The Hall–Kier alpha value is -1.36. The van der Waals surface area contributed by atoms with Gasteiger partial charge in [0.15, 0.2) is 0 Å². The molecule has 1 aliphatic heterocycles. The molecule has 1 fully saturated rings. The van der Waals surface area contributed by atoms with Crippen molar-refractivity contribution in [1.82, 2.24) is 9.97 Å². The number of aromatic nitrogens is 2. The largest absolute Gasteiger partial charge is 0.469 e. The molecular weight excluding hydrogens is 182 g/mol. The first-order valence-corrected chi connectivity index (χ1v) is 4.56. The van der Waals surface area contributed by atoms with E-state index in [1.54, 1.807) is 6.07 Å². The van der Waals surface area contributed by atoms with Crippen molar-refractivity contribution in [3.05, 3.63) is 11.9 Å². The van der Waals surface area contributed by atoms with Gasteiger partial charge in [0.1, 0.15) is 17.7 Å². The topological polar surface area (TPSA) is 56.3 Å². The highest BCUT2D eigenvalue weighted by molar-refractivity contribution is 5.37. The minimum absolute atomic E-state index is 0.147. The Balaban J connectivity index is 2.11. The zero-order valence-electron chi connectivity index (χ0n) is 8.28. The molecule has 0 aromatic carbocycles. The Morgan fingerprint density at radius 3 is 2.86 bits per heavy atom. The van der Waals surface area contributed by atoms with Crippen LogP contribution in [0.5, 0.6) is 5.88 Å². The summed E-state index contributed by atoms with van der Waals surface area (Å²) < 4.78 is 10.6. The summed E-state index contributed by atoms with van der Waals surface area (Å²) >= 11 is 0. The van der Waals surface area contributed by atoms with Crippen LogP contribution in [-0.2, 0) is 4.74 Å². The van der Waals surface area contributed by atoms with E-state index in [1.165, 1.54) is 0 Å². The summed E-state index contributed by atoms with van der Waals surface area (Å²) in [4.78, 5) is 8.34. The first-order valence-electron chi connectivity index (χ1n) is 4.56. The molecule has 1 aliphatic rings. The molecule has 0 aliphatic carbocycles. The molecule has 1 aromatic rings. The molecule has 0 bridgehead atoms. The molecule has 0 unspecified atom stereocenters. The number of rotatable bonds is 3. The van der Waals surface area contributed by atoms with Gasteiger partial charge in [-0.2, -0.15) is 4.98 Å². The molecule has 0 radical (unpaired) electrons. The average molecular weight is 195 g/mol. The molecule has 5 nitrogen and oxygen atoms in total. The quantitative estimate of drug-likeness (QED) is 0.765. The monoisotopic (exact) mass is 195 g/mol. The number of nitrogens with one attached hydrogen (secondary N) is 1. The molecule has 0 saturated carbocycles. The highest BCUT2D eigenvalue weighted by Gasteiger charge is 2.20. The molecular formula is C9H13N3O2. The van der Waals surface area contributed by atoms with E-state index in [2.05, 4.69) is 15.3 Å². The Kier molecular flexibility index (Phi) is 2.49. The highest BCUT2D eigenvalue weighted by atomic mass is 16.6. The molecule has 0 atom stereocenters. The lowest BCUT2D eigenvalue weighted by molar-refractivity contribution is -0.0814. The van der Waals surface area contributed by atoms with E-state index in [1.807, 2.05) is 14.0 Å². The number of hydrogen-bond donors (Lipinski definition) is 1. The maximum Gasteiger partial charge on any atom is 0.219 e. The summed E-state index contributed by atoms with van der Waals surface area (Å²) in [7, 11) is 1.82. The molecule has 2 heterocycles. The second-order valence-corrected chi connectivity index (χ2v) is 3.17. The second kappa shape index (κ2) is 3.79. The van der Waals surface area contributed by atoms with E-state index in [0.717, 1.165) is 5.82 Å². The van der Waals surface area contributed by atoms with Crippen LogP contribution in [0.2, 0.25) is 0 Å². The summed E-state index contributed by atoms with van der Waals surface area (Å²) in [6.07, 6.45) is 0.147. The summed E-state index contributed by atoms with van der Waals surface area (Å²) in [5.41, 5.74) is 0. The predicted octanol–water partition coefficient (Wildman–Crippen LogP) is 0.604. The van der Waals surface area contributed by atoms with Gasteiger partial charge in [0.05, 0.1) is 13.2 Å². The molecule has 14 heavy (non-hydrogen) atoms. The van der Waals surface area contributed by atoms with Crippen LogP contribution in [0, 0.1) is 6.92 Å². The van der Waals surface area contributed by atoms with Crippen molar-refractivity contribution < 1.29 is 9.47 Å². The van der Waals surface area contributed by atoms with Crippen LogP contribution in [-0.4, -0.2) is 36.3 Å². The molecule has 76 valence electrons. The Bertz CT molecular complexity index is 326. The number of nitrogens with zero attached hydrogens (tertiary/aromatic N) is 2. The van der Waals surface area contributed by atoms with Crippen LogP contribution in [0.4, 0.5) is 5.82 Å². The molecule has 1 N–H and O–H groups in total. The van der Waals surface area contributed by atoms with Crippen LogP contribution < -0.4 is 10.1 Å². The van der Waals surface area contributed by atoms with Gasteiger partial charge >= 0.3 is 0 Å². The zero-order chi connectivity index (χ0) is 9.97. The van der Waals surface area contributed by atoms with Crippen molar-refractivity contribution in [2.24, 2.45) is 0 Å². The fourth-order valence-corrected chi connectivity index (χ4v) is 1.18. The maximum atomic E-state index is 5.56. The van der Waals surface area contributed by atoms with Gasteiger partial charge in [-0.15, -0.1) is 0 Å². The van der Waals surface area contributed by atoms with E-state index in [0.29, 0.717) is 24.9 Å². The van der Waals surface area contributed by atoms with Crippen molar-refractivity contribution in [2.75, 3.05) is 25.6 Å². The van der Waals surface area contributed by atoms with Gasteiger partial charge in [-0.3, -0.25) is 0 Å². The van der Waals surface area contributed by atoms with Gasteiger partial charge in [0.2, 0.25) is 5.88 Å². The lowest BCUT2D eigenvalue weighted by Gasteiger charge is -2.26. The van der Waals surface area contributed by atoms with Crippen LogP contribution in [0.25, 0.3) is 0 Å². The lowest BCUT2D eigenvalue weighted by Crippen LogP contribution is -2.38. The fraction of sp³-hybridized carbons (Fsp3) is 0.556. The van der Waals surface area contributed by atoms with Gasteiger partial charge in [-0.1, -0.05) is 0 Å². The first kappa shape index (κ1) is 9.21. The third-order valence-electron chi connectivity index (χ3n) is 1.97. The van der Waals surface area contributed by atoms with E-state index in [-0.39, 0.29) is 6.10 Å². The Morgan fingerprint density at radius 1 is 1.50 bits per heavy atom. The van der Waals surface area contributed by atoms with Crippen LogP contribution in [0.1, 0.15) is 5.82 Å². The number of anilines is 1. The van der Waals surface area contributed by atoms with Crippen molar-refractivity contribution in [1.29, 1.82) is 0 Å². The van der Waals surface area contributed by atoms with Crippen molar-refractivity contribution >= 4 is 5.82 Å². The summed E-state index contributed by atoms with van der Waals surface area (Å²) in [5.74, 6) is 2.08.